The van der Waals surface area contributed by atoms with E-state index in [2.05, 4.69) is 20.6 Å². The first-order valence-electron chi connectivity index (χ1n) is 7.94. The predicted octanol–water partition coefficient (Wildman–Crippen LogP) is 2.94. The van der Waals surface area contributed by atoms with Crippen molar-refractivity contribution >= 4 is 17.5 Å². The number of amides is 2. The number of hydrogen-bond acceptors (Lipinski definition) is 4. The maximum Gasteiger partial charge on any atom is 0.274 e. The number of carbonyl (C=O) groups excluding carboxylic acids is 2. The molecule has 0 fully saturated rings. The maximum absolute atomic E-state index is 13.7. The Labute approximate surface area is 153 Å². The van der Waals surface area contributed by atoms with Gasteiger partial charge in [-0.1, -0.05) is 12.1 Å². The highest BCUT2D eigenvalue weighted by Gasteiger charge is 2.16. The minimum absolute atomic E-state index is 0.00529. The lowest BCUT2D eigenvalue weighted by atomic mass is 10.2. The molecule has 3 rings (SSSR count). The van der Waals surface area contributed by atoms with Crippen LogP contribution in [0.3, 0.4) is 0 Å². The second kappa shape index (κ2) is 8.13. The fourth-order valence-electron chi connectivity index (χ4n) is 2.26. The molecule has 0 bridgehead atoms. The summed E-state index contributed by atoms with van der Waals surface area (Å²) in [4.78, 5) is 32.3. The molecule has 0 radical (unpaired) electrons. The van der Waals surface area contributed by atoms with Crippen LogP contribution in [0.4, 0.5) is 14.5 Å². The van der Waals surface area contributed by atoms with Crippen LogP contribution in [0.2, 0.25) is 0 Å². The van der Waals surface area contributed by atoms with Crippen molar-refractivity contribution < 1.29 is 18.4 Å². The number of para-hydroxylation sites is 1. The molecule has 0 aliphatic rings. The third kappa shape index (κ3) is 4.49. The number of nitrogens with one attached hydrogen (secondary N) is 2. The zero-order valence-corrected chi connectivity index (χ0v) is 13.9. The quantitative estimate of drug-likeness (QED) is 0.725. The number of rotatable bonds is 5. The summed E-state index contributed by atoms with van der Waals surface area (Å²) in [7, 11) is 0. The Morgan fingerprint density at radius 3 is 2.11 bits per heavy atom. The van der Waals surface area contributed by atoms with Crippen molar-refractivity contribution in [1.82, 2.24) is 15.3 Å². The van der Waals surface area contributed by atoms with Crippen molar-refractivity contribution in [2.75, 3.05) is 5.32 Å². The molecule has 8 heteroatoms. The van der Waals surface area contributed by atoms with Crippen molar-refractivity contribution in [3.8, 4) is 0 Å². The SMILES string of the molecule is O=C(NCc1ccncc1)c1cccc(C(=O)Nc2c(F)cccc2F)n1. The molecule has 2 heterocycles. The van der Waals surface area contributed by atoms with Gasteiger partial charge < -0.3 is 10.6 Å². The summed E-state index contributed by atoms with van der Waals surface area (Å²) in [6.07, 6.45) is 3.21. The molecule has 0 spiro atoms. The summed E-state index contributed by atoms with van der Waals surface area (Å²) in [5.41, 5.74) is 0.138. The molecule has 0 aliphatic heterocycles. The highest BCUT2D eigenvalue weighted by Crippen LogP contribution is 2.18. The molecule has 0 aliphatic carbocycles. The van der Waals surface area contributed by atoms with Gasteiger partial charge in [0.05, 0.1) is 0 Å². The van der Waals surface area contributed by atoms with Crippen molar-refractivity contribution in [1.29, 1.82) is 0 Å². The molecule has 2 N–H and O–H groups in total. The number of benzene rings is 1. The first kappa shape index (κ1) is 18.1. The predicted molar refractivity (Wildman–Crippen MR) is 94.0 cm³/mol. The van der Waals surface area contributed by atoms with Gasteiger partial charge in [-0.05, 0) is 42.0 Å². The molecule has 3 aromatic rings. The van der Waals surface area contributed by atoms with Gasteiger partial charge in [-0.2, -0.15) is 0 Å². The summed E-state index contributed by atoms with van der Waals surface area (Å²) >= 11 is 0. The van der Waals surface area contributed by atoms with Gasteiger partial charge in [0.15, 0.2) is 0 Å². The number of hydrogen-bond donors (Lipinski definition) is 2. The van der Waals surface area contributed by atoms with Crippen molar-refractivity contribution in [3.63, 3.8) is 0 Å². The average molecular weight is 368 g/mol. The lowest BCUT2D eigenvalue weighted by Gasteiger charge is -2.08. The first-order valence-corrected chi connectivity index (χ1v) is 7.94. The Morgan fingerprint density at radius 1 is 0.852 bits per heavy atom. The average Bonchev–Trinajstić information content (AvgIpc) is 2.70. The minimum Gasteiger partial charge on any atom is -0.347 e. The topological polar surface area (TPSA) is 84.0 Å². The normalized spacial score (nSPS) is 10.3. The van der Waals surface area contributed by atoms with Gasteiger partial charge >= 0.3 is 0 Å². The Morgan fingerprint density at radius 2 is 1.44 bits per heavy atom. The number of anilines is 1. The molecule has 0 unspecified atom stereocenters. The summed E-state index contributed by atoms with van der Waals surface area (Å²) in [5, 5.41) is 4.80. The zero-order valence-electron chi connectivity index (χ0n) is 13.9. The molecule has 27 heavy (non-hydrogen) atoms. The summed E-state index contributed by atoms with van der Waals surface area (Å²) in [6.45, 7) is 0.264. The van der Waals surface area contributed by atoms with E-state index in [0.717, 1.165) is 17.7 Å². The van der Waals surface area contributed by atoms with Crippen LogP contribution < -0.4 is 10.6 Å². The number of carbonyl (C=O) groups is 2. The highest BCUT2D eigenvalue weighted by molar-refractivity contribution is 6.04. The maximum atomic E-state index is 13.7. The van der Waals surface area contributed by atoms with Crippen LogP contribution in [0.5, 0.6) is 0 Å². The van der Waals surface area contributed by atoms with Crippen molar-refractivity contribution in [2.45, 2.75) is 6.54 Å². The van der Waals surface area contributed by atoms with Crippen LogP contribution in [0.15, 0.2) is 60.9 Å². The van der Waals surface area contributed by atoms with Gasteiger partial charge in [0.25, 0.3) is 11.8 Å². The fourth-order valence-corrected chi connectivity index (χ4v) is 2.26. The number of nitrogens with zero attached hydrogens (tertiary/aromatic N) is 2. The second-order valence-electron chi connectivity index (χ2n) is 5.50. The van der Waals surface area contributed by atoms with Crippen molar-refractivity contribution in [3.05, 3.63) is 89.5 Å². The van der Waals surface area contributed by atoms with E-state index in [1.54, 1.807) is 24.5 Å². The van der Waals surface area contributed by atoms with Gasteiger partial charge in [0, 0.05) is 18.9 Å². The lowest BCUT2D eigenvalue weighted by molar-refractivity contribution is 0.0945. The van der Waals surface area contributed by atoms with E-state index in [0.29, 0.717) is 0 Å². The Bertz CT molecular complexity index is 960. The van der Waals surface area contributed by atoms with Crippen LogP contribution >= 0.6 is 0 Å². The first-order chi connectivity index (χ1) is 13.0. The smallest absolute Gasteiger partial charge is 0.274 e. The van der Waals surface area contributed by atoms with E-state index < -0.39 is 29.1 Å². The molecule has 0 saturated carbocycles. The largest absolute Gasteiger partial charge is 0.347 e. The van der Waals surface area contributed by atoms with E-state index in [1.807, 2.05) is 0 Å². The van der Waals surface area contributed by atoms with Crippen LogP contribution in [0.25, 0.3) is 0 Å². The fraction of sp³-hybridized carbons (Fsp3) is 0.0526. The highest BCUT2D eigenvalue weighted by atomic mass is 19.1. The Hall–Kier alpha value is -3.68. The molecular formula is C19H14F2N4O2. The van der Waals surface area contributed by atoms with Crippen LogP contribution in [-0.4, -0.2) is 21.8 Å². The van der Waals surface area contributed by atoms with Gasteiger partial charge in [-0.15, -0.1) is 0 Å². The van der Waals surface area contributed by atoms with Gasteiger partial charge in [-0.25, -0.2) is 13.8 Å². The molecule has 2 amide bonds. The van der Waals surface area contributed by atoms with Crippen molar-refractivity contribution in [2.24, 2.45) is 0 Å². The summed E-state index contributed by atoms with van der Waals surface area (Å²) in [5.74, 6) is -3.13. The van der Waals surface area contributed by atoms with E-state index in [-0.39, 0.29) is 17.9 Å². The van der Waals surface area contributed by atoms with E-state index in [4.69, 9.17) is 0 Å². The zero-order chi connectivity index (χ0) is 19.2. The Balaban J connectivity index is 1.71. The van der Waals surface area contributed by atoms with Gasteiger partial charge in [0.1, 0.15) is 28.7 Å². The Kier molecular flexibility index (Phi) is 5.46. The summed E-state index contributed by atoms with van der Waals surface area (Å²) < 4.78 is 27.3. The molecular weight excluding hydrogens is 354 g/mol. The molecule has 2 aromatic heterocycles. The number of halogens is 2. The lowest BCUT2D eigenvalue weighted by Crippen LogP contribution is -2.25. The van der Waals surface area contributed by atoms with E-state index in [9.17, 15) is 18.4 Å². The molecule has 0 atom stereocenters. The van der Waals surface area contributed by atoms with Crippen LogP contribution in [0, 0.1) is 11.6 Å². The third-order valence-corrected chi connectivity index (χ3v) is 3.62. The standard InChI is InChI=1S/C19H14F2N4O2/c20-13-3-1-4-14(21)17(13)25-19(27)16-6-2-5-15(24-16)18(26)23-11-12-7-9-22-10-8-12/h1-10H,11H2,(H,23,26)(H,25,27). The van der Waals surface area contributed by atoms with E-state index >= 15 is 0 Å². The molecule has 136 valence electrons. The van der Waals surface area contributed by atoms with E-state index in [1.165, 1.54) is 24.3 Å². The minimum atomic E-state index is -0.908. The van der Waals surface area contributed by atoms with Gasteiger partial charge in [0.2, 0.25) is 0 Å². The molecule has 1 aromatic carbocycles. The van der Waals surface area contributed by atoms with Gasteiger partial charge in [-0.3, -0.25) is 14.6 Å². The third-order valence-electron chi connectivity index (χ3n) is 3.62. The number of aromatic nitrogens is 2. The number of pyridine rings is 2. The summed E-state index contributed by atoms with van der Waals surface area (Å²) in [6, 6.07) is 11.0. The molecule has 6 nitrogen and oxygen atoms in total. The molecule has 0 saturated heterocycles. The monoisotopic (exact) mass is 368 g/mol. The van der Waals surface area contributed by atoms with Crippen LogP contribution in [0.1, 0.15) is 26.5 Å². The van der Waals surface area contributed by atoms with Crippen LogP contribution in [-0.2, 0) is 6.54 Å². The second-order valence-corrected chi connectivity index (χ2v) is 5.50.